The zero-order chi connectivity index (χ0) is 9.23. The second-order valence-corrected chi connectivity index (χ2v) is 2.50. The first kappa shape index (κ1) is 10.9. The lowest BCUT2D eigenvalue weighted by Crippen LogP contribution is -1.94. The molecule has 69 valence electrons. The van der Waals surface area contributed by atoms with E-state index >= 15 is 0 Å². The van der Waals surface area contributed by atoms with Gasteiger partial charge in [-0.2, -0.15) is 0 Å². The van der Waals surface area contributed by atoms with Crippen LogP contribution >= 0.6 is 0 Å². The largest absolute Gasteiger partial charge is 0.468 e. The minimum Gasteiger partial charge on any atom is -0.468 e. The number of ether oxygens (including phenoxy) is 1. The molecule has 4 nitrogen and oxygen atoms in total. The summed E-state index contributed by atoms with van der Waals surface area (Å²) in [6, 6.07) is 0. The Hall–Kier alpha value is -1.06. The smallest absolute Gasteiger partial charge is 0.355 e. The van der Waals surface area contributed by atoms with E-state index in [9.17, 15) is 14.7 Å². The molecule has 0 aromatic heterocycles. The van der Waals surface area contributed by atoms with Crippen LogP contribution in [0.25, 0.3) is 0 Å². The van der Waals surface area contributed by atoms with E-state index in [4.69, 9.17) is 0 Å². The predicted octanol–water partition coefficient (Wildman–Crippen LogP) is 1.07. The van der Waals surface area contributed by atoms with Crippen molar-refractivity contribution in [2.24, 2.45) is 0 Å². The van der Waals surface area contributed by atoms with Crippen molar-refractivity contribution >= 4 is 12.4 Å². The second kappa shape index (κ2) is 8.04. The molecule has 0 fully saturated rings. The molecular weight excluding hydrogens is 160 g/mol. The van der Waals surface area contributed by atoms with Gasteiger partial charge in [-0.1, -0.05) is 12.8 Å². The predicted molar refractivity (Wildman–Crippen MR) is 40.8 cm³/mol. The summed E-state index contributed by atoms with van der Waals surface area (Å²) >= 11 is 0. The molecule has 0 saturated carbocycles. The van der Waals surface area contributed by atoms with Crippen molar-refractivity contribution in [3.8, 4) is 0 Å². The van der Waals surface area contributed by atoms with E-state index in [0.717, 1.165) is 19.3 Å². The standard InChI is InChI=1S/C8H13O4/c9-7-12-6-4-2-1-3-5-8(10)11/h7H,1-6H2. The number of carbonyl (C=O) groups excluding carboxylic acids is 2. The number of unbranched alkanes of at least 4 members (excludes halogenated alkanes) is 3. The molecule has 1 radical (unpaired) electrons. The fourth-order valence-electron chi connectivity index (χ4n) is 0.856. The highest BCUT2D eigenvalue weighted by molar-refractivity contribution is 5.66. The molecule has 0 unspecified atom stereocenters. The lowest BCUT2D eigenvalue weighted by molar-refractivity contribution is -0.143. The Morgan fingerprint density at radius 2 is 1.83 bits per heavy atom. The van der Waals surface area contributed by atoms with Gasteiger partial charge in [-0.25, -0.2) is 9.90 Å². The molecule has 4 heteroatoms. The van der Waals surface area contributed by atoms with Crippen LogP contribution in [0.3, 0.4) is 0 Å². The SMILES string of the molecule is [O]C(=O)CCCCCCOC=O. The summed E-state index contributed by atoms with van der Waals surface area (Å²) in [4.78, 5) is 19.6. The normalized spacial score (nSPS) is 9.33. The summed E-state index contributed by atoms with van der Waals surface area (Å²) in [5, 5.41) is 9.95. The topological polar surface area (TPSA) is 63.3 Å². The van der Waals surface area contributed by atoms with Gasteiger partial charge < -0.3 is 4.74 Å². The van der Waals surface area contributed by atoms with Crippen LogP contribution in [0.5, 0.6) is 0 Å². The third-order valence-electron chi connectivity index (χ3n) is 1.46. The van der Waals surface area contributed by atoms with Gasteiger partial charge in [0.2, 0.25) is 0 Å². The Kier molecular flexibility index (Phi) is 7.33. The van der Waals surface area contributed by atoms with Crippen molar-refractivity contribution in [1.82, 2.24) is 0 Å². The summed E-state index contributed by atoms with van der Waals surface area (Å²) in [7, 11) is 0. The van der Waals surface area contributed by atoms with Crippen LogP contribution in [0.1, 0.15) is 32.1 Å². The zero-order valence-electron chi connectivity index (χ0n) is 6.95. The molecule has 0 atom stereocenters. The summed E-state index contributed by atoms with van der Waals surface area (Å²) < 4.78 is 4.45. The summed E-state index contributed by atoms with van der Waals surface area (Å²) in [5.41, 5.74) is 0. The maximum atomic E-state index is 9.95. The number of hydrogen-bond acceptors (Lipinski definition) is 3. The van der Waals surface area contributed by atoms with E-state index in [2.05, 4.69) is 4.74 Å². The molecule has 0 saturated heterocycles. The van der Waals surface area contributed by atoms with Gasteiger partial charge in [0.05, 0.1) is 13.0 Å². The van der Waals surface area contributed by atoms with Crippen LogP contribution in [0.4, 0.5) is 0 Å². The van der Waals surface area contributed by atoms with Crippen molar-refractivity contribution in [2.45, 2.75) is 32.1 Å². The first-order valence-corrected chi connectivity index (χ1v) is 4.02. The van der Waals surface area contributed by atoms with Crippen LogP contribution in [0.2, 0.25) is 0 Å². The highest BCUT2D eigenvalue weighted by Gasteiger charge is 1.98. The van der Waals surface area contributed by atoms with Crippen molar-refractivity contribution in [2.75, 3.05) is 6.61 Å². The van der Waals surface area contributed by atoms with Gasteiger partial charge in [-0.15, -0.1) is 0 Å². The Morgan fingerprint density at radius 3 is 2.42 bits per heavy atom. The second-order valence-electron chi connectivity index (χ2n) is 2.50. The molecule has 0 aliphatic carbocycles. The Labute approximate surface area is 71.5 Å². The van der Waals surface area contributed by atoms with Crippen molar-refractivity contribution in [3.63, 3.8) is 0 Å². The summed E-state index contributed by atoms with van der Waals surface area (Å²) in [5.74, 6) is -1.00. The van der Waals surface area contributed by atoms with Gasteiger partial charge in [0.1, 0.15) is 0 Å². The third-order valence-corrected chi connectivity index (χ3v) is 1.46. The van der Waals surface area contributed by atoms with E-state index in [1.54, 1.807) is 0 Å². The van der Waals surface area contributed by atoms with Gasteiger partial charge in [-0.3, -0.25) is 4.79 Å². The van der Waals surface area contributed by atoms with Gasteiger partial charge in [0.25, 0.3) is 6.47 Å². The average molecular weight is 173 g/mol. The molecule has 0 amide bonds. The first-order chi connectivity index (χ1) is 5.77. The Balaban J connectivity index is 2.90. The van der Waals surface area contributed by atoms with E-state index in [-0.39, 0.29) is 6.42 Å². The van der Waals surface area contributed by atoms with Gasteiger partial charge in [0, 0.05) is 0 Å². The lowest BCUT2D eigenvalue weighted by Gasteiger charge is -1.97. The fraction of sp³-hybridized carbons (Fsp3) is 0.750. The molecule has 0 heterocycles. The van der Waals surface area contributed by atoms with Crippen molar-refractivity contribution in [1.29, 1.82) is 0 Å². The molecule has 0 bridgehead atoms. The number of rotatable bonds is 8. The van der Waals surface area contributed by atoms with Crippen molar-refractivity contribution in [3.05, 3.63) is 0 Å². The molecule has 0 aromatic rings. The molecule has 0 aliphatic rings. The van der Waals surface area contributed by atoms with E-state index < -0.39 is 5.97 Å². The molecule has 0 aromatic carbocycles. The summed E-state index contributed by atoms with van der Waals surface area (Å²) in [6.07, 6.45) is 3.29. The molecule has 0 aliphatic heterocycles. The van der Waals surface area contributed by atoms with Crippen LogP contribution < -0.4 is 0 Å². The molecular formula is C8H13O4. The van der Waals surface area contributed by atoms with E-state index in [1.165, 1.54) is 0 Å². The molecule has 0 rings (SSSR count). The molecule has 0 N–H and O–H groups in total. The number of carbonyl (C=O) groups is 2. The third kappa shape index (κ3) is 8.94. The monoisotopic (exact) mass is 173 g/mol. The minimum atomic E-state index is -1.00. The first-order valence-electron chi connectivity index (χ1n) is 4.02. The minimum absolute atomic E-state index is 0.120. The van der Waals surface area contributed by atoms with E-state index in [0.29, 0.717) is 19.5 Å². The van der Waals surface area contributed by atoms with Crippen LogP contribution in [0, 0.1) is 0 Å². The van der Waals surface area contributed by atoms with E-state index in [1.807, 2.05) is 0 Å². The maximum absolute atomic E-state index is 9.95. The molecule has 12 heavy (non-hydrogen) atoms. The van der Waals surface area contributed by atoms with Crippen LogP contribution in [0.15, 0.2) is 0 Å². The highest BCUT2D eigenvalue weighted by atomic mass is 16.5. The van der Waals surface area contributed by atoms with Crippen LogP contribution in [-0.2, 0) is 19.4 Å². The Bertz CT molecular complexity index is 133. The van der Waals surface area contributed by atoms with Gasteiger partial charge in [0.15, 0.2) is 0 Å². The lowest BCUT2D eigenvalue weighted by atomic mass is 10.1. The maximum Gasteiger partial charge on any atom is 0.355 e. The highest BCUT2D eigenvalue weighted by Crippen LogP contribution is 2.02. The Morgan fingerprint density at radius 1 is 1.17 bits per heavy atom. The fourth-order valence-corrected chi connectivity index (χ4v) is 0.856. The zero-order valence-corrected chi connectivity index (χ0v) is 6.95. The number of hydrogen-bond donors (Lipinski definition) is 0. The van der Waals surface area contributed by atoms with Crippen molar-refractivity contribution < 1.29 is 19.4 Å². The van der Waals surface area contributed by atoms with Crippen LogP contribution in [-0.4, -0.2) is 19.0 Å². The van der Waals surface area contributed by atoms with Gasteiger partial charge >= 0.3 is 5.97 Å². The average Bonchev–Trinajstić information content (AvgIpc) is 2.02. The van der Waals surface area contributed by atoms with Gasteiger partial charge in [-0.05, 0) is 12.8 Å². The summed E-state index contributed by atoms with van der Waals surface area (Å²) in [6.45, 7) is 0.843. The quantitative estimate of drug-likeness (QED) is 0.407. The molecule has 0 spiro atoms.